The number of ether oxygens (including phenoxy) is 1. The number of nitrogens with two attached hydrogens (primary N) is 1. The van der Waals surface area contributed by atoms with Crippen LogP contribution in [0.1, 0.15) is 19.3 Å². The number of halogens is 1. The minimum absolute atomic E-state index is 0.130. The Morgan fingerprint density at radius 3 is 3.00 bits per heavy atom. The minimum Gasteiger partial charge on any atom is -0.469 e. The van der Waals surface area contributed by atoms with Crippen molar-refractivity contribution in [3.63, 3.8) is 0 Å². The van der Waals surface area contributed by atoms with Crippen LogP contribution in [0.5, 0.6) is 0 Å². The highest BCUT2D eigenvalue weighted by atomic mass is 35.5. The van der Waals surface area contributed by atoms with Crippen molar-refractivity contribution < 1.29 is 9.53 Å². The lowest BCUT2D eigenvalue weighted by atomic mass is 9.90. The van der Waals surface area contributed by atoms with Gasteiger partial charge in [-0.2, -0.15) is 0 Å². The third kappa shape index (κ3) is 4.12. The molecule has 2 atom stereocenters. The van der Waals surface area contributed by atoms with E-state index in [0.29, 0.717) is 12.3 Å². The maximum Gasteiger partial charge on any atom is 0.305 e. The summed E-state index contributed by atoms with van der Waals surface area (Å²) in [6.45, 7) is 1.74. The van der Waals surface area contributed by atoms with E-state index in [1.807, 2.05) is 24.3 Å². The molecule has 0 aromatic heterocycles. The third-order valence-corrected chi connectivity index (χ3v) is 3.96. The number of rotatable bonds is 4. The summed E-state index contributed by atoms with van der Waals surface area (Å²) in [5, 5.41) is 0.729. The first-order chi connectivity index (χ1) is 9.58. The smallest absolute Gasteiger partial charge is 0.305 e. The molecule has 0 spiro atoms. The minimum atomic E-state index is -0.154. The second kappa shape index (κ2) is 6.95. The average molecular weight is 297 g/mol. The molecule has 1 saturated heterocycles. The Labute approximate surface area is 124 Å². The lowest BCUT2D eigenvalue weighted by molar-refractivity contribution is -0.140. The summed E-state index contributed by atoms with van der Waals surface area (Å²) < 4.78 is 4.69. The van der Waals surface area contributed by atoms with Gasteiger partial charge in [-0.3, -0.25) is 4.79 Å². The number of anilines is 1. The van der Waals surface area contributed by atoms with Crippen molar-refractivity contribution in [1.29, 1.82) is 0 Å². The molecule has 0 aliphatic carbocycles. The fourth-order valence-corrected chi connectivity index (χ4v) is 2.95. The molecule has 0 bridgehead atoms. The van der Waals surface area contributed by atoms with Crippen molar-refractivity contribution in [3.8, 4) is 0 Å². The first kappa shape index (κ1) is 15.1. The molecule has 20 heavy (non-hydrogen) atoms. The molecule has 4 nitrogen and oxygen atoms in total. The number of methoxy groups -OCH3 is 1. The Morgan fingerprint density at radius 1 is 1.50 bits per heavy atom. The van der Waals surface area contributed by atoms with E-state index in [2.05, 4.69) is 4.90 Å². The van der Waals surface area contributed by atoms with Gasteiger partial charge in [0.15, 0.2) is 0 Å². The SMILES string of the molecule is COC(=O)CCC1CC(N)CN(c2cccc(Cl)c2)C1. The van der Waals surface area contributed by atoms with Crippen LogP contribution in [0, 0.1) is 5.92 Å². The van der Waals surface area contributed by atoms with E-state index >= 15 is 0 Å². The lowest BCUT2D eigenvalue weighted by Crippen LogP contribution is -2.47. The van der Waals surface area contributed by atoms with Gasteiger partial charge in [0.05, 0.1) is 7.11 Å². The van der Waals surface area contributed by atoms with Crippen LogP contribution in [0.4, 0.5) is 5.69 Å². The van der Waals surface area contributed by atoms with Gasteiger partial charge in [0.2, 0.25) is 0 Å². The first-order valence-corrected chi connectivity index (χ1v) is 7.29. The molecule has 2 N–H and O–H groups in total. The van der Waals surface area contributed by atoms with Crippen LogP contribution in [-0.4, -0.2) is 32.2 Å². The number of piperidine rings is 1. The molecule has 1 heterocycles. The summed E-state index contributed by atoms with van der Waals surface area (Å²) in [5.74, 6) is 0.260. The molecular weight excluding hydrogens is 276 g/mol. The van der Waals surface area contributed by atoms with Gasteiger partial charge in [-0.25, -0.2) is 0 Å². The van der Waals surface area contributed by atoms with Crippen molar-refractivity contribution in [2.24, 2.45) is 11.7 Å². The highest BCUT2D eigenvalue weighted by molar-refractivity contribution is 6.30. The number of carbonyl (C=O) groups is 1. The van der Waals surface area contributed by atoms with Gasteiger partial charge >= 0.3 is 5.97 Å². The normalized spacial score (nSPS) is 22.6. The summed E-state index contributed by atoms with van der Waals surface area (Å²) in [6, 6.07) is 7.94. The van der Waals surface area contributed by atoms with E-state index in [4.69, 9.17) is 22.1 Å². The number of benzene rings is 1. The molecule has 0 amide bonds. The first-order valence-electron chi connectivity index (χ1n) is 6.91. The Bertz CT molecular complexity index is 467. The van der Waals surface area contributed by atoms with E-state index in [0.717, 1.165) is 36.6 Å². The Morgan fingerprint density at radius 2 is 2.30 bits per heavy atom. The van der Waals surface area contributed by atoms with E-state index in [-0.39, 0.29) is 12.0 Å². The number of nitrogens with zero attached hydrogens (tertiary/aromatic N) is 1. The summed E-state index contributed by atoms with van der Waals surface area (Å²) >= 11 is 6.04. The molecule has 0 saturated carbocycles. The quantitative estimate of drug-likeness (QED) is 0.867. The van der Waals surface area contributed by atoms with Crippen LogP contribution in [0.15, 0.2) is 24.3 Å². The van der Waals surface area contributed by atoms with Crippen molar-refractivity contribution in [2.45, 2.75) is 25.3 Å². The van der Waals surface area contributed by atoms with E-state index < -0.39 is 0 Å². The van der Waals surface area contributed by atoms with Crippen LogP contribution >= 0.6 is 11.6 Å². The second-order valence-electron chi connectivity index (χ2n) is 5.36. The van der Waals surface area contributed by atoms with Gasteiger partial charge in [0, 0.05) is 36.3 Å². The summed E-state index contributed by atoms with van der Waals surface area (Å²) in [6.07, 6.45) is 2.22. The predicted octanol–water partition coefficient (Wildman–Crippen LogP) is 2.45. The van der Waals surface area contributed by atoms with Crippen LogP contribution < -0.4 is 10.6 Å². The van der Waals surface area contributed by atoms with Gasteiger partial charge in [0.1, 0.15) is 0 Å². The fourth-order valence-electron chi connectivity index (χ4n) is 2.76. The van der Waals surface area contributed by atoms with Crippen molar-refractivity contribution in [1.82, 2.24) is 0 Å². The Hall–Kier alpha value is -1.26. The van der Waals surface area contributed by atoms with Gasteiger partial charge in [0.25, 0.3) is 0 Å². The predicted molar refractivity (Wildman–Crippen MR) is 81.0 cm³/mol. The molecule has 110 valence electrons. The van der Waals surface area contributed by atoms with Gasteiger partial charge < -0.3 is 15.4 Å². The zero-order valence-electron chi connectivity index (χ0n) is 11.7. The fraction of sp³-hybridized carbons (Fsp3) is 0.533. The topological polar surface area (TPSA) is 55.6 Å². The molecule has 2 rings (SSSR count). The van der Waals surface area contributed by atoms with E-state index in [9.17, 15) is 4.79 Å². The molecule has 1 aromatic rings. The largest absolute Gasteiger partial charge is 0.469 e. The standard InChI is InChI=1S/C15H21ClN2O2/c1-20-15(19)6-5-11-7-13(17)10-18(9-11)14-4-2-3-12(16)8-14/h2-4,8,11,13H,5-7,9-10,17H2,1H3. The molecule has 0 radical (unpaired) electrons. The number of hydrogen-bond acceptors (Lipinski definition) is 4. The van der Waals surface area contributed by atoms with E-state index in [1.165, 1.54) is 7.11 Å². The Balaban J connectivity index is 1.99. The molecule has 1 aromatic carbocycles. The van der Waals surface area contributed by atoms with Crippen LogP contribution in [0.25, 0.3) is 0 Å². The maximum atomic E-state index is 11.2. The molecule has 1 aliphatic rings. The monoisotopic (exact) mass is 296 g/mol. The van der Waals surface area contributed by atoms with Crippen LogP contribution in [-0.2, 0) is 9.53 Å². The van der Waals surface area contributed by atoms with Crippen LogP contribution in [0.2, 0.25) is 5.02 Å². The average Bonchev–Trinajstić information content (AvgIpc) is 2.44. The van der Waals surface area contributed by atoms with Crippen molar-refractivity contribution >= 4 is 23.3 Å². The van der Waals surface area contributed by atoms with E-state index in [1.54, 1.807) is 0 Å². The summed E-state index contributed by atoms with van der Waals surface area (Å²) in [7, 11) is 1.42. The third-order valence-electron chi connectivity index (χ3n) is 3.73. The van der Waals surface area contributed by atoms with Gasteiger partial charge in [-0.1, -0.05) is 17.7 Å². The number of esters is 1. The summed E-state index contributed by atoms with van der Waals surface area (Å²) in [4.78, 5) is 13.5. The second-order valence-corrected chi connectivity index (χ2v) is 5.80. The van der Waals surface area contributed by atoms with Gasteiger partial charge in [-0.15, -0.1) is 0 Å². The lowest BCUT2D eigenvalue weighted by Gasteiger charge is -2.38. The highest BCUT2D eigenvalue weighted by Gasteiger charge is 2.25. The number of carbonyl (C=O) groups excluding carboxylic acids is 1. The summed E-state index contributed by atoms with van der Waals surface area (Å²) in [5.41, 5.74) is 7.23. The molecule has 2 unspecified atom stereocenters. The molecule has 5 heteroatoms. The van der Waals surface area contributed by atoms with Gasteiger partial charge in [-0.05, 0) is 37.0 Å². The van der Waals surface area contributed by atoms with Crippen molar-refractivity contribution in [3.05, 3.63) is 29.3 Å². The van der Waals surface area contributed by atoms with Crippen molar-refractivity contribution in [2.75, 3.05) is 25.1 Å². The Kier molecular flexibility index (Phi) is 5.26. The molecule has 1 aliphatic heterocycles. The zero-order valence-corrected chi connectivity index (χ0v) is 12.5. The zero-order chi connectivity index (χ0) is 14.5. The molecular formula is C15H21ClN2O2. The maximum absolute atomic E-state index is 11.2. The van der Waals surface area contributed by atoms with Crippen LogP contribution in [0.3, 0.4) is 0 Å². The number of hydrogen-bond donors (Lipinski definition) is 1. The molecule has 1 fully saturated rings. The highest BCUT2D eigenvalue weighted by Crippen LogP contribution is 2.27.